The van der Waals surface area contributed by atoms with Crippen LogP contribution in [0.2, 0.25) is 0 Å². The van der Waals surface area contributed by atoms with Gasteiger partial charge in [-0.05, 0) is 36.3 Å². The number of likely N-dealkylation sites (tertiary alicyclic amines) is 1. The molecule has 0 N–H and O–H groups in total. The van der Waals surface area contributed by atoms with Gasteiger partial charge in [0.2, 0.25) is 11.8 Å². The van der Waals surface area contributed by atoms with Crippen LogP contribution in [0.1, 0.15) is 36.8 Å². The van der Waals surface area contributed by atoms with E-state index in [0.717, 1.165) is 38.9 Å². The standard InChI is InChI=1S/C24H31N3O4/c28-21-7-3-6-20-18-10-19(12-25(11-18)15-22-30-8-9-31-22)23(27(20)21)24(29)26-13-16-4-1-2-5-17(16)14-26/h1-2,4-5,18-20,22-23H,3,6-15H2/t18-,19+,20+,23-/m1/s1. The molecule has 5 aliphatic rings. The van der Waals surface area contributed by atoms with E-state index in [1.54, 1.807) is 0 Å². The van der Waals surface area contributed by atoms with Crippen molar-refractivity contribution >= 4 is 11.8 Å². The van der Waals surface area contributed by atoms with Crippen LogP contribution in [0.5, 0.6) is 0 Å². The van der Waals surface area contributed by atoms with Crippen molar-refractivity contribution in [2.75, 3.05) is 32.8 Å². The Morgan fingerprint density at radius 3 is 2.48 bits per heavy atom. The molecule has 0 aromatic heterocycles. The van der Waals surface area contributed by atoms with Gasteiger partial charge in [0, 0.05) is 51.1 Å². The smallest absolute Gasteiger partial charge is 0.246 e. The molecule has 2 amide bonds. The Morgan fingerprint density at radius 2 is 1.74 bits per heavy atom. The summed E-state index contributed by atoms with van der Waals surface area (Å²) in [4.78, 5) is 33.4. The van der Waals surface area contributed by atoms with Crippen LogP contribution in [-0.4, -0.2) is 77.7 Å². The zero-order chi connectivity index (χ0) is 20.9. The van der Waals surface area contributed by atoms with Crippen LogP contribution in [0.15, 0.2) is 24.3 Å². The lowest BCUT2D eigenvalue weighted by molar-refractivity contribution is -0.167. The first kappa shape index (κ1) is 19.7. The van der Waals surface area contributed by atoms with Crippen LogP contribution in [0.4, 0.5) is 0 Å². The van der Waals surface area contributed by atoms with Gasteiger partial charge in [-0.15, -0.1) is 0 Å². The third kappa shape index (κ3) is 3.47. The van der Waals surface area contributed by atoms with Crippen molar-refractivity contribution in [3.8, 4) is 0 Å². The van der Waals surface area contributed by atoms with Crippen molar-refractivity contribution in [3.63, 3.8) is 0 Å². The molecule has 0 spiro atoms. The van der Waals surface area contributed by atoms with Crippen molar-refractivity contribution in [2.45, 2.75) is 57.1 Å². The van der Waals surface area contributed by atoms with Gasteiger partial charge in [-0.3, -0.25) is 14.5 Å². The molecule has 0 radical (unpaired) electrons. The Hall–Kier alpha value is -1.96. The molecule has 0 aliphatic carbocycles. The average molecular weight is 426 g/mol. The molecule has 1 aromatic rings. The summed E-state index contributed by atoms with van der Waals surface area (Å²) in [6.07, 6.45) is 3.40. The predicted octanol–water partition coefficient (Wildman–Crippen LogP) is 1.60. The van der Waals surface area contributed by atoms with Gasteiger partial charge >= 0.3 is 0 Å². The van der Waals surface area contributed by atoms with Crippen LogP contribution >= 0.6 is 0 Å². The lowest BCUT2D eigenvalue weighted by Crippen LogP contribution is -2.68. The maximum atomic E-state index is 13.9. The highest BCUT2D eigenvalue weighted by Crippen LogP contribution is 2.43. The number of amides is 2. The molecule has 5 aliphatic heterocycles. The number of rotatable bonds is 3. The molecule has 7 nitrogen and oxygen atoms in total. The lowest BCUT2D eigenvalue weighted by Gasteiger charge is -2.56. The molecule has 4 saturated heterocycles. The predicted molar refractivity (Wildman–Crippen MR) is 113 cm³/mol. The summed E-state index contributed by atoms with van der Waals surface area (Å²) >= 11 is 0. The largest absolute Gasteiger partial charge is 0.349 e. The van der Waals surface area contributed by atoms with Crippen molar-refractivity contribution in [1.29, 1.82) is 0 Å². The van der Waals surface area contributed by atoms with Crippen LogP contribution in [-0.2, 0) is 32.2 Å². The number of benzene rings is 1. The Balaban J connectivity index is 1.26. The fourth-order valence-electron chi connectivity index (χ4n) is 6.62. The number of hydrogen-bond acceptors (Lipinski definition) is 5. The fourth-order valence-corrected chi connectivity index (χ4v) is 6.62. The summed E-state index contributed by atoms with van der Waals surface area (Å²) < 4.78 is 11.4. The third-order valence-corrected chi connectivity index (χ3v) is 7.92. The molecule has 4 fully saturated rings. The van der Waals surface area contributed by atoms with E-state index in [2.05, 4.69) is 17.0 Å². The van der Waals surface area contributed by atoms with E-state index in [0.29, 0.717) is 38.6 Å². The quantitative estimate of drug-likeness (QED) is 0.736. The van der Waals surface area contributed by atoms with Gasteiger partial charge in [0.1, 0.15) is 6.04 Å². The first-order chi connectivity index (χ1) is 15.2. The molecule has 6 rings (SSSR count). The van der Waals surface area contributed by atoms with Gasteiger partial charge in [0.15, 0.2) is 6.29 Å². The molecule has 166 valence electrons. The highest BCUT2D eigenvalue weighted by Gasteiger charge is 2.53. The molecular weight excluding hydrogens is 394 g/mol. The van der Waals surface area contributed by atoms with Gasteiger partial charge in [-0.25, -0.2) is 0 Å². The van der Waals surface area contributed by atoms with Gasteiger partial charge < -0.3 is 19.3 Å². The maximum absolute atomic E-state index is 13.9. The van der Waals surface area contributed by atoms with Gasteiger partial charge in [-0.2, -0.15) is 0 Å². The molecule has 4 atom stereocenters. The molecule has 1 aromatic carbocycles. The van der Waals surface area contributed by atoms with Crippen LogP contribution in [0, 0.1) is 11.8 Å². The topological polar surface area (TPSA) is 62.3 Å². The van der Waals surface area contributed by atoms with Gasteiger partial charge in [0.25, 0.3) is 0 Å². The van der Waals surface area contributed by atoms with Gasteiger partial charge in [0.05, 0.1) is 13.2 Å². The summed E-state index contributed by atoms with van der Waals surface area (Å²) in [5, 5.41) is 0. The molecular formula is C24H31N3O4. The Morgan fingerprint density at radius 1 is 1.03 bits per heavy atom. The van der Waals surface area contributed by atoms with E-state index in [4.69, 9.17) is 9.47 Å². The monoisotopic (exact) mass is 425 g/mol. The fraction of sp³-hybridized carbons (Fsp3) is 0.667. The van der Waals surface area contributed by atoms with E-state index in [-0.39, 0.29) is 36.1 Å². The summed E-state index contributed by atoms with van der Waals surface area (Å²) in [7, 11) is 0. The summed E-state index contributed by atoms with van der Waals surface area (Å²) in [6, 6.07) is 8.14. The molecule has 7 heteroatoms. The first-order valence-corrected chi connectivity index (χ1v) is 11.8. The van der Waals surface area contributed by atoms with Crippen molar-refractivity contribution < 1.29 is 19.1 Å². The minimum atomic E-state index is -0.337. The van der Waals surface area contributed by atoms with E-state index < -0.39 is 0 Å². The van der Waals surface area contributed by atoms with Crippen LogP contribution < -0.4 is 0 Å². The second kappa shape index (κ2) is 7.87. The number of carbonyl (C=O) groups excluding carboxylic acids is 2. The summed E-state index contributed by atoms with van der Waals surface area (Å²) in [6.45, 7) is 5.17. The minimum absolute atomic E-state index is 0.134. The van der Waals surface area contributed by atoms with Crippen LogP contribution in [0.25, 0.3) is 0 Å². The van der Waals surface area contributed by atoms with Crippen molar-refractivity contribution in [2.24, 2.45) is 11.8 Å². The minimum Gasteiger partial charge on any atom is -0.349 e. The Bertz CT molecular complexity index is 845. The summed E-state index contributed by atoms with van der Waals surface area (Å²) in [5.41, 5.74) is 2.46. The summed E-state index contributed by atoms with van der Waals surface area (Å²) in [5.74, 6) is 0.922. The number of nitrogens with zero attached hydrogens (tertiary/aromatic N) is 3. The number of ether oxygens (including phenoxy) is 2. The van der Waals surface area contributed by atoms with Crippen molar-refractivity contribution in [3.05, 3.63) is 35.4 Å². The number of piperidine rings is 3. The SMILES string of the molecule is O=C([C@H]1[C@H]2C[C@H](CN(CC3OCCO3)C2)[C@@H]2CCCC(=O)N21)N1Cc2ccccc2C1. The zero-order valence-electron chi connectivity index (χ0n) is 17.9. The first-order valence-electron chi connectivity index (χ1n) is 11.8. The normalized spacial score (nSPS) is 33.5. The number of carbonyl (C=O) groups is 2. The molecule has 2 bridgehead atoms. The van der Waals surface area contributed by atoms with Crippen LogP contribution in [0.3, 0.4) is 0 Å². The van der Waals surface area contributed by atoms with E-state index in [1.165, 1.54) is 11.1 Å². The highest BCUT2D eigenvalue weighted by molar-refractivity contribution is 5.89. The third-order valence-electron chi connectivity index (χ3n) is 7.92. The second-order valence-electron chi connectivity index (χ2n) is 9.81. The lowest BCUT2D eigenvalue weighted by atomic mass is 9.71. The highest BCUT2D eigenvalue weighted by atomic mass is 16.7. The van der Waals surface area contributed by atoms with E-state index in [1.807, 2.05) is 21.9 Å². The molecule has 31 heavy (non-hydrogen) atoms. The average Bonchev–Trinajstić information content (AvgIpc) is 3.44. The van der Waals surface area contributed by atoms with Crippen molar-refractivity contribution in [1.82, 2.24) is 14.7 Å². The maximum Gasteiger partial charge on any atom is 0.246 e. The zero-order valence-corrected chi connectivity index (χ0v) is 17.9. The van der Waals surface area contributed by atoms with Gasteiger partial charge in [-0.1, -0.05) is 24.3 Å². The molecule has 0 saturated carbocycles. The second-order valence-corrected chi connectivity index (χ2v) is 9.81. The Kier molecular flexibility index (Phi) is 5.00. The molecule has 5 heterocycles. The number of hydrogen-bond donors (Lipinski definition) is 0. The number of fused-ring (bicyclic) bond motifs is 5. The van der Waals surface area contributed by atoms with E-state index >= 15 is 0 Å². The Labute approximate surface area is 183 Å². The molecule has 0 unspecified atom stereocenters. The van der Waals surface area contributed by atoms with E-state index in [9.17, 15) is 9.59 Å².